The Morgan fingerprint density at radius 1 is 1.03 bits per heavy atom. The minimum absolute atomic E-state index is 0.0998. The molecular formula is C24H30O8. The Morgan fingerprint density at radius 2 is 1.72 bits per heavy atom. The van der Waals surface area contributed by atoms with E-state index in [4.69, 9.17) is 14.2 Å². The van der Waals surface area contributed by atoms with Crippen molar-refractivity contribution in [1.29, 1.82) is 0 Å². The van der Waals surface area contributed by atoms with Crippen LogP contribution >= 0.6 is 0 Å². The zero-order valence-electron chi connectivity index (χ0n) is 18.1. The van der Waals surface area contributed by atoms with Crippen LogP contribution in [0, 0.1) is 0 Å². The molecule has 0 bridgehead atoms. The van der Waals surface area contributed by atoms with E-state index >= 15 is 0 Å². The van der Waals surface area contributed by atoms with Gasteiger partial charge in [-0.3, -0.25) is 4.79 Å². The molecule has 3 rings (SSSR count). The Hall–Kier alpha value is -2.49. The van der Waals surface area contributed by atoms with Crippen LogP contribution in [0.2, 0.25) is 0 Å². The second kappa shape index (κ2) is 10.9. The predicted molar refractivity (Wildman–Crippen MR) is 115 cm³/mol. The maximum atomic E-state index is 12.1. The number of aliphatic hydroxyl groups is 4. The first-order valence-corrected chi connectivity index (χ1v) is 10.6. The molecule has 0 aromatic heterocycles. The quantitative estimate of drug-likeness (QED) is 0.453. The van der Waals surface area contributed by atoms with Crippen molar-refractivity contribution in [3.63, 3.8) is 0 Å². The van der Waals surface area contributed by atoms with E-state index in [1.165, 1.54) is 0 Å². The van der Waals surface area contributed by atoms with Crippen molar-refractivity contribution >= 4 is 5.78 Å². The first-order chi connectivity index (χ1) is 15.3. The number of carbonyl (C=O) groups is 1. The van der Waals surface area contributed by atoms with E-state index in [0.29, 0.717) is 18.6 Å². The highest BCUT2D eigenvalue weighted by molar-refractivity contribution is 5.83. The molecule has 1 fully saturated rings. The van der Waals surface area contributed by atoms with Gasteiger partial charge in [0, 0.05) is 12.8 Å². The third kappa shape index (κ3) is 5.46. The van der Waals surface area contributed by atoms with Crippen LogP contribution in [0.15, 0.2) is 48.5 Å². The third-order valence-corrected chi connectivity index (χ3v) is 5.51. The molecule has 8 heteroatoms. The maximum Gasteiger partial charge on any atom is 0.229 e. The van der Waals surface area contributed by atoms with Gasteiger partial charge in [-0.2, -0.15) is 0 Å². The molecule has 1 unspecified atom stereocenters. The fourth-order valence-electron chi connectivity index (χ4n) is 3.66. The number of para-hydroxylation sites is 1. The highest BCUT2D eigenvalue weighted by atomic mass is 16.7. The summed E-state index contributed by atoms with van der Waals surface area (Å²) in [4.78, 5) is 12.1. The van der Waals surface area contributed by atoms with Gasteiger partial charge in [0.25, 0.3) is 0 Å². The Labute approximate surface area is 187 Å². The van der Waals surface area contributed by atoms with E-state index in [2.05, 4.69) is 0 Å². The average Bonchev–Trinajstić information content (AvgIpc) is 2.80. The summed E-state index contributed by atoms with van der Waals surface area (Å²) in [6, 6.07) is 14.7. The van der Waals surface area contributed by atoms with Gasteiger partial charge >= 0.3 is 0 Å². The number of aliphatic hydroxyl groups excluding tert-OH is 4. The third-order valence-electron chi connectivity index (χ3n) is 5.51. The number of hydrogen-bond donors (Lipinski definition) is 4. The van der Waals surface area contributed by atoms with E-state index in [0.717, 1.165) is 16.9 Å². The fraction of sp³-hybridized carbons (Fsp3) is 0.458. The van der Waals surface area contributed by atoms with Gasteiger partial charge in [0.05, 0.1) is 7.11 Å². The van der Waals surface area contributed by atoms with E-state index in [-0.39, 0.29) is 6.42 Å². The lowest BCUT2D eigenvalue weighted by Crippen LogP contribution is -2.63. The Balaban J connectivity index is 1.78. The van der Waals surface area contributed by atoms with Gasteiger partial charge < -0.3 is 34.6 Å². The Kier molecular flexibility index (Phi) is 8.22. The van der Waals surface area contributed by atoms with Crippen molar-refractivity contribution < 1.29 is 39.4 Å². The Morgan fingerprint density at radius 3 is 2.38 bits per heavy atom. The van der Waals surface area contributed by atoms with Gasteiger partial charge in [0.1, 0.15) is 42.0 Å². The molecule has 1 heterocycles. The number of ether oxygens (including phenoxy) is 3. The van der Waals surface area contributed by atoms with Gasteiger partial charge in [0.15, 0.2) is 5.78 Å². The topological polar surface area (TPSA) is 126 Å². The molecule has 1 aliphatic rings. The van der Waals surface area contributed by atoms with Crippen molar-refractivity contribution in [2.24, 2.45) is 0 Å². The molecule has 1 saturated heterocycles. The summed E-state index contributed by atoms with van der Waals surface area (Å²) < 4.78 is 16.6. The maximum absolute atomic E-state index is 12.1. The van der Waals surface area contributed by atoms with E-state index in [9.17, 15) is 25.2 Å². The summed E-state index contributed by atoms with van der Waals surface area (Å²) in [6.07, 6.45) is -8.20. The molecule has 0 radical (unpaired) electrons. The van der Waals surface area contributed by atoms with Crippen LogP contribution in [-0.2, 0) is 16.0 Å². The molecule has 0 saturated carbocycles. The number of benzene rings is 2. The minimum Gasteiger partial charge on any atom is -0.497 e. The van der Waals surface area contributed by atoms with Crippen LogP contribution in [0.25, 0.3) is 0 Å². The molecule has 0 aliphatic carbocycles. The van der Waals surface area contributed by atoms with Crippen LogP contribution < -0.4 is 9.47 Å². The van der Waals surface area contributed by atoms with Crippen LogP contribution in [-0.4, -0.2) is 70.1 Å². The summed E-state index contributed by atoms with van der Waals surface area (Å²) in [6.45, 7) is 1.78. The molecular weight excluding hydrogens is 416 g/mol. The van der Waals surface area contributed by atoms with Crippen LogP contribution in [0.4, 0.5) is 0 Å². The van der Waals surface area contributed by atoms with Crippen molar-refractivity contribution in [2.75, 3.05) is 7.11 Å². The van der Waals surface area contributed by atoms with Gasteiger partial charge in [0.2, 0.25) is 6.29 Å². The second-order valence-electron chi connectivity index (χ2n) is 7.85. The van der Waals surface area contributed by atoms with E-state index < -0.39 is 42.6 Å². The largest absolute Gasteiger partial charge is 0.497 e. The number of ketones is 1. The lowest BCUT2D eigenvalue weighted by atomic mass is 9.92. The summed E-state index contributed by atoms with van der Waals surface area (Å²) in [5.74, 6) is 0.634. The molecule has 174 valence electrons. The molecule has 4 N–H and O–H groups in total. The molecule has 32 heavy (non-hydrogen) atoms. The number of methoxy groups -OCH3 is 1. The molecule has 2 aromatic carbocycles. The normalized spacial score (nSPS) is 26.4. The number of carbonyl (C=O) groups excluding carboxylic acids is 1. The highest BCUT2D eigenvalue weighted by Gasteiger charge is 2.49. The first-order valence-electron chi connectivity index (χ1n) is 10.6. The Bertz CT molecular complexity index is 884. The first kappa shape index (κ1) is 24.2. The number of hydrogen-bond acceptors (Lipinski definition) is 8. The molecule has 0 spiro atoms. The minimum atomic E-state index is -1.66. The summed E-state index contributed by atoms with van der Waals surface area (Å²) in [7, 11) is 1.60. The summed E-state index contributed by atoms with van der Waals surface area (Å²) in [5.41, 5.74) is 1.80. The number of rotatable bonds is 9. The summed E-state index contributed by atoms with van der Waals surface area (Å²) in [5, 5.41) is 41.3. The van der Waals surface area contributed by atoms with E-state index in [1.54, 1.807) is 26.2 Å². The lowest BCUT2D eigenvalue weighted by molar-refractivity contribution is -0.285. The van der Waals surface area contributed by atoms with Crippen LogP contribution in [0.1, 0.15) is 30.9 Å². The SMILES string of the molecule is CCCC(=O)C(O)[C@H]1O[C@@H](Oc2ccccc2Cc2ccc(OC)cc2)[C@H](O)[C@@H](O)[C@@H]1O. The van der Waals surface area contributed by atoms with Gasteiger partial charge in [-0.15, -0.1) is 0 Å². The highest BCUT2D eigenvalue weighted by Crippen LogP contribution is 2.29. The molecule has 0 amide bonds. The van der Waals surface area contributed by atoms with Gasteiger partial charge in [-0.25, -0.2) is 0 Å². The van der Waals surface area contributed by atoms with Gasteiger partial charge in [-0.05, 0) is 35.7 Å². The average molecular weight is 446 g/mol. The molecule has 1 aliphatic heterocycles. The molecule has 8 nitrogen and oxygen atoms in total. The smallest absolute Gasteiger partial charge is 0.229 e. The monoisotopic (exact) mass is 446 g/mol. The molecule has 2 aromatic rings. The van der Waals surface area contributed by atoms with Crippen LogP contribution in [0.5, 0.6) is 11.5 Å². The zero-order chi connectivity index (χ0) is 23.3. The van der Waals surface area contributed by atoms with Gasteiger partial charge in [-0.1, -0.05) is 37.3 Å². The zero-order valence-corrected chi connectivity index (χ0v) is 18.1. The van der Waals surface area contributed by atoms with Crippen molar-refractivity contribution in [3.8, 4) is 11.5 Å². The van der Waals surface area contributed by atoms with Crippen molar-refractivity contribution in [3.05, 3.63) is 59.7 Å². The fourth-order valence-corrected chi connectivity index (χ4v) is 3.66. The predicted octanol–water partition coefficient (Wildman–Crippen LogP) is 1.20. The number of Topliss-reactive ketones (excluding diaryl/α,β-unsaturated/α-hetero) is 1. The summed E-state index contributed by atoms with van der Waals surface area (Å²) >= 11 is 0. The van der Waals surface area contributed by atoms with Crippen LogP contribution in [0.3, 0.4) is 0 Å². The lowest BCUT2D eigenvalue weighted by Gasteiger charge is -2.41. The van der Waals surface area contributed by atoms with Crippen molar-refractivity contribution in [1.82, 2.24) is 0 Å². The van der Waals surface area contributed by atoms with Crippen molar-refractivity contribution in [2.45, 2.75) is 63.0 Å². The molecule has 6 atom stereocenters. The second-order valence-corrected chi connectivity index (χ2v) is 7.85. The standard InChI is InChI=1S/C24H30O8/c1-3-6-17(25)19(26)23-21(28)20(27)22(29)24(32-23)31-18-8-5-4-7-15(18)13-14-9-11-16(30-2)12-10-14/h4-5,7-12,19-24,26-29H,3,6,13H2,1-2H3/t19?,20-,21-,22+,23+,24+/m0/s1. The van der Waals surface area contributed by atoms with E-state index in [1.807, 2.05) is 36.4 Å².